The van der Waals surface area contributed by atoms with Gasteiger partial charge in [0.25, 0.3) is 11.8 Å². The maximum absolute atomic E-state index is 15.7. The number of thioether (sulfide) groups is 1. The van der Waals surface area contributed by atoms with Gasteiger partial charge in [-0.3, -0.25) is 47.9 Å². The number of aliphatic hydroxyl groups is 1. The summed E-state index contributed by atoms with van der Waals surface area (Å²) < 4.78 is 17.6. The number of nitrogens with one attached hydrogen (secondary N) is 4. The summed E-state index contributed by atoms with van der Waals surface area (Å²) in [6.07, 6.45) is 12.3. The lowest BCUT2D eigenvalue weighted by atomic mass is 9.88. The average molecular weight is 1660 g/mol. The van der Waals surface area contributed by atoms with Gasteiger partial charge in [-0.15, -0.1) is 0 Å². The number of allylic oxidation sites excluding steroid dienone is 2. The Morgan fingerprint density at radius 1 is 0.782 bits per heavy atom. The molecular formula is C88H119N13O17S. The van der Waals surface area contributed by atoms with E-state index in [2.05, 4.69) is 54.9 Å². The molecule has 7 fully saturated rings. The zero-order chi connectivity index (χ0) is 85.9. The first-order valence-corrected chi connectivity index (χ1v) is 43.0. The summed E-state index contributed by atoms with van der Waals surface area (Å²) in [5.41, 5.74) is 2.24. The fourth-order valence-electron chi connectivity index (χ4n) is 17.0. The van der Waals surface area contributed by atoms with Crippen molar-refractivity contribution < 1.29 is 81.6 Å². The van der Waals surface area contributed by atoms with E-state index >= 15 is 14.4 Å². The third-order valence-electron chi connectivity index (χ3n) is 23.9. The number of aromatic hydroxyl groups is 1. The van der Waals surface area contributed by atoms with Gasteiger partial charge >= 0.3 is 11.9 Å². The molecule has 7 saturated heterocycles. The Morgan fingerprint density at radius 3 is 2.18 bits per heavy atom. The van der Waals surface area contributed by atoms with Crippen molar-refractivity contribution in [2.45, 2.75) is 198 Å². The summed E-state index contributed by atoms with van der Waals surface area (Å²) >= 11 is 1.73. The number of amides is 8. The number of ketones is 2. The minimum atomic E-state index is -1.69. The van der Waals surface area contributed by atoms with Gasteiger partial charge in [0.1, 0.15) is 72.0 Å². The van der Waals surface area contributed by atoms with Crippen LogP contribution in [0, 0.1) is 29.6 Å². The van der Waals surface area contributed by atoms with Crippen LogP contribution in [0.5, 0.6) is 5.75 Å². The Bertz CT molecular complexity index is 4330. The number of aromatic nitrogens is 2. The van der Waals surface area contributed by atoms with E-state index in [1.165, 1.54) is 64.2 Å². The molecule has 644 valence electrons. The molecule has 30 nitrogen and oxygen atoms in total. The van der Waals surface area contributed by atoms with Crippen molar-refractivity contribution in [2.75, 3.05) is 97.2 Å². The van der Waals surface area contributed by atoms with Crippen molar-refractivity contribution in [3.05, 3.63) is 144 Å². The Hall–Kier alpha value is -10.1. The molecule has 12 rings (SSSR count). The summed E-state index contributed by atoms with van der Waals surface area (Å²) in [7, 11) is 5.33. The normalized spacial score (nSPS) is 29.1. The van der Waals surface area contributed by atoms with Crippen molar-refractivity contribution in [1.82, 2.24) is 60.6 Å². The molecule has 119 heavy (non-hydrogen) atoms. The van der Waals surface area contributed by atoms with Gasteiger partial charge in [-0.1, -0.05) is 114 Å². The number of cyclic esters (lactones) is 2. The van der Waals surface area contributed by atoms with Crippen LogP contribution in [0.25, 0.3) is 0 Å². The van der Waals surface area contributed by atoms with Crippen LogP contribution in [-0.2, 0) is 70.3 Å². The van der Waals surface area contributed by atoms with E-state index in [-0.39, 0.29) is 111 Å². The molecule has 8 amide bonds. The van der Waals surface area contributed by atoms with E-state index in [0.717, 1.165) is 81.8 Å². The molecule has 0 spiro atoms. The number of nitrogens with zero attached hydrogens (tertiary/aromatic N) is 9. The lowest BCUT2D eigenvalue weighted by Crippen LogP contribution is -2.63. The van der Waals surface area contributed by atoms with Gasteiger partial charge in [0.15, 0.2) is 17.4 Å². The lowest BCUT2D eigenvalue weighted by molar-refractivity contribution is -0.159. The van der Waals surface area contributed by atoms with Gasteiger partial charge in [-0.2, -0.15) is 11.8 Å². The first kappa shape index (κ1) is 91.2. The summed E-state index contributed by atoms with van der Waals surface area (Å²) in [6, 6.07) is 9.45. The molecular weight excluding hydrogens is 1540 g/mol. The van der Waals surface area contributed by atoms with Gasteiger partial charge in [0, 0.05) is 108 Å². The number of pyridine rings is 1. The maximum Gasteiger partial charge on any atom is 0.333 e. The van der Waals surface area contributed by atoms with Crippen LogP contribution < -0.4 is 26.2 Å². The number of ether oxygens (including phenoxy) is 2. The number of Topliss-reactive ketones (excluding diaryl/α,β-unsaturated/α-hetero) is 2. The predicted octanol–water partition coefficient (Wildman–Crippen LogP) is 6.21. The molecule has 0 radical (unpaired) electrons. The number of aliphatic hydroxyl groups excluding tert-OH is 1. The van der Waals surface area contributed by atoms with E-state index in [1.54, 1.807) is 80.2 Å². The largest absolute Gasteiger partial charge is 0.505 e. The number of carbonyl (C=O) groups excluding carboxylic acids is 12. The molecule has 2 aromatic carbocycles. The number of carbonyl (C=O) groups is 12. The summed E-state index contributed by atoms with van der Waals surface area (Å²) in [5.74, 6) is -7.67. The SMILES string of the molecule is CCC1NC(=O)C(NC(=O)c2ncccc2O)C(C)OC(=O)[C@H](c2ccccc2)NC(=O)[C@@H]2CC(=O)C(CSC3CN4CCC3CC4)CN2C(=O)[C@H](Cc2ccc(N(C)C)cc2)N(C)C(=O)[C@@H]2CCCN2C1=O.CCN(CC)CCCC1CCN2C(=O)c3coc(n3)CC(=O)CC(O)/C=C(C)/C=C/CNC(=O)/C=C/C(C)C(C(C)C)OC(=O)C12. The van der Waals surface area contributed by atoms with E-state index in [1.807, 2.05) is 64.0 Å². The highest BCUT2D eigenvalue weighted by molar-refractivity contribution is 8.00. The van der Waals surface area contributed by atoms with Crippen LogP contribution in [0.1, 0.15) is 164 Å². The van der Waals surface area contributed by atoms with Crippen LogP contribution in [0.4, 0.5) is 5.69 Å². The number of hydrogen-bond donors (Lipinski definition) is 6. The first-order chi connectivity index (χ1) is 56.9. The average Bonchev–Trinajstić information content (AvgIpc) is 1.37. The second kappa shape index (κ2) is 42.7. The second-order valence-corrected chi connectivity index (χ2v) is 34.1. The smallest absolute Gasteiger partial charge is 0.333 e. The quantitative estimate of drug-likeness (QED) is 0.0640. The molecule has 8 aliphatic heterocycles. The molecule has 4 aromatic rings. The zero-order valence-electron chi connectivity index (χ0n) is 70.3. The molecule has 8 aliphatic rings. The topological polar surface area (TPSA) is 373 Å². The highest BCUT2D eigenvalue weighted by Gasteiger charge is 2.50. The first-order valence-electron chi connectivity index (χ1n) is 42.0. The van der Waals surface area contributed by atoms with E-state index < -0.39 is 131 Å². The molecule has 0 aliphatic carbocycles. The zero-order valence-corrected chi connectivity index (χ0v) is 71.2. The number of esters is 2. The van der Waals surface area contributed by atoms with Crippen LogP contribution in [0.3, 0.4) is 0 Å². The molecule has 14 atom stereocenters. The molecule has 0 saturated carbocycles. The summed E-state index contributed by atoms with van der Waals surface area (Å²) in [4.78, 5) is 191. The van der Waals surface area contributed by atoms with Crippen molar-refractivity contribution in [3.8, 4) is 5.75 Å². The lowest BCUT2D eigenvalue weighted by Gasteiger charge is -2.45. The molecule has 10 heterocycles. The van der Waals surface area contributed by atoms with E-state index in [9.17, 15) is 53.4 Å². The Kier molecular flexibility index (Phi) is 32.7. The fraction of sp³-hybridized carbons (Fsp3) is 0.568. The number of fused-ring (bicyclic) bond motifs is 8. The van der Waals surface area contributed by atoms with E-state index in [4.69, 9.17) is 13.9 Å². The molecule has 10 unspecified atom stereocenters. The fourth-order valence-corrected chi connectivity index (χ4v) is 18.6. The third kappa shape index (κ3) is 23.7. The predicted molar refractivity (Wildman–Crippen MR) is 447 cm³/mol. The van der Waals surface area contributed by atoms with Gasteiger partial charge in [-0.25, -0.2) is 19.6 Å². The monoisotopic (exact) mass is 1660 g/mol. The number of hydrogen-bond acceptors (Lipinski definition) is 23. The van der Waals surface area contributed by atoms with Gasteiger partial charge in [-0.05, 0) is 157 Å². The Balaban J connectivity index is 0.000000279. The van der Waals surface area contributed by atoms with Crippen LogP contribution in [0.15, 0.2) is 120 Å². The number of anilines is 1. The van der Waals surface area contributed by atoms with Crippen molar-refractivity contribution >= 4 is 88.2 Å². The van der Waals surface area contributed by atoms with Crippen molar-refractivity contribution in [1.29, 1.82) is 0 Å². The second-order valence-electron chi connectivity index (χ2n) is 32.8. The highest BCUT2D eigenvalue weighted by Crippen LogP contribution is 2.39. The summed E-state index contributed by atoms with van der Waals surface area (Å²) in [6.45, 7) is 21.4. The Morgan fingerprint density at radius 2 is 1.51 bits per heavy atom. The minimum Gasteiger partial charge on any atom is -0.505 e. The highest BCUT2D eigenvalue weighted by atomic mass is 32.2. The number of rotatable bonds is 17. The number of oxazole rings is 1. The standard InChI is InChI=1S/C53H67N9O10S.C35H52N4O7/c1-6-37-50(68)61-23-11-14-38(61)51(69)59(5)40(26-32-16-18-36(19-17-32)58(3)4)52(70)62-28-35(30-73-43-29-60-24-20-33(43)21-25-60)42(64)27-39(62)47(65)57-45(34-12-8-7-9-13-34)53(71)72-31(2)44(48(66)55-37)56-49(67)46-41(63)15-10-22-54-46;1-7-38(8-2)17-10-12-26-15-18-39-32(26)35(44)46-33(23(3)4)25(6)13-14-30(42)36-16-9-11-24(5)19-27(40)20-28(41)21-31-37-29(22-45-31)34(39)43/h7-10,12-13,15-19,22,31,33,35,37-40,43-45,63H,6,11,14,20-21,23-30H2,1-5H3,(H,55,66)(H,56,67)(H,57,65);9,11,13-14,19,22-23,25-27,32-33,40H,7-8,10,12,15-18,20-21H2,1-6H3,(H,36,42)/b;11-9+,14-13+,24-19+/t31?,35?,37?,38-,39-,40-,43?,44?,45-;/m0./s1. The minimum absolute atomic E-state index is 0.0203. The number of likely N-dealkylation sites (N-methyl/N-ethyl adjacent to an activating group) is 1. The molecule has 6 N–H and O–H groups in total. The van der Waals surface area contributed by atoms with Gasteiger partial charge in [0.05, 0.1) is 12.5 Å². The van der Waals surface area contributed by atoms with E-state index in [0.29, 0.717) is 36.3 Å². The van der Waals surface area contributed by atoms with Crippen LogP contribution in [-0.4, -0.2) is 272 Å². The maximum atomic E-state index is 15.7. The molecule has 2 aromatic heterocycles. The van der Waals surface area contributed by atoms with Crippen molar-refractivity contribution in [2.24, 2.45) is 29.6 Å². The Labute approximate surface area is 701 Å². The number of piperidine rings is 4. The summed E-state index contributed by atoms with van der Waals surface area (Å²) in [5, 5.41) is 32.0. The van der Waals surface area contributed by atoms with Crippen LogP contribution in [0.2, 0.25) is 0 Å². The molecule has 4 bridgehead atoms. The molecule has 31 heteroatoms. The van der Waals surface area contributed by atoms with Crippen LogP contribution >= 0.6 is 11.8 Å². The third-order valence-corrected chi connectivity index (χ3v) is 25.5. The van der Waals surface area contributed by atoms with Crippen molar-refractivity contribution in [3.63, 3.8) is 0 Å². The number of benzene rings is 2. The van der Waals surface area contributed by atoms with Gasteiger partial charge in [0.2, 0.25) is 41.3 Å². The van der Waals surface area contributed by atoms with Gasteiger partial charge < -0.3 is 79.7 Å².